The molecule has 4 aliphatic heterocycles. The van der Waals surface area contributed by atoms with E-state index in [1.807, 2.05) is 12.1 Å². The molecule has 0 radical (unpaired) electrons. The van der Waals surface area contributed by atoms with Gasteiger partial charge in [0, 0.05) is 41.7 Å². The Morgan fingerprint density at radius 3 is 1.94 bits per heavy atom. The van der Waals surface area contributed by atoms with E-state index in [1.54, 1.807) is 0 Å². The van der Waals surface area contributed by atoms with Crippen molar-refractivity contribution in [2.75, 3.05) is 0 Å². The molecule has 1 N–H and O–H groups in total. The van der Waals surface area contributed by atoms with Crippen molar-refractivity contribution >= 4 is 11.6 Å². The highest BCUT2D eigenvalue weighted by atomic mass is 35.5. The second-order valence-corrected chi connectivity index (χ2v) is 10.3. The van der Waals surface area contributed by atoms with Gasteiger partial charge in [-0.25, -0.2) is 0 Å². The number of rotatable bonds is 6. The summed E-state index contributed by atoms with van der Waals surface area (Å²) in [5.41, 5.74) is 4.06. The maximum Gasteiger partial charge on any atom is 0.0450 e. The molecule has 4 fully saturated rings. The molecule has 2 nitrogen and oxygen atoms in total. The fraction of sp³-hybridized carbons (Fsp3) is 0.379. The lowest BCUT2D eigenvalue weighted by Crippen LogP contribution is -2.68. The van der Waals surface area contributed by atoms with E-state index in [0.717, 1.165) is 29.6 Å². The van der Waals surface area contributed by atoms with Gasteiger partial charge in [0.1, 0.15) is 0 Å². The van der Waals surface area contributed by atoms with Gasteiger partial charge in [-0.1, -0.05) is 90.5 Å². The zero-order valence-electron chi connectivity index (χ0n) is 18.4. The SMILES string of the molecule is Clc1ccccc1CN[C@H]1C2C[C@H]3CC[C@@H](C2)N3[C@H]1C(c1ccccc1)c1ccccc1. The first-order valence-electron chi connectivity index (χ1n) is 12.1. The lowest BCUT2D eigenvalue weighted by molar-refractivity contribution is -0.0464. The fourth-order valence-electron chi connectivity index (χ4n) is 6.94. The van der Waals surface area contributed by atoms with E-state index in [9.17, 15) is 0 Å². The van der Waals surface area contributed by atoms with Gasteiger partial charge in [0.25, 0.3) is 0 Å². The van der Waals surface area contributed by atoms with E-state index in [-0.39, 0.29) is 0 Å². The van der Waals surface area contributed by atoms with Crippen molar-refractivity contribution in [2.45, 2.75) is 62.3 Å². The zero-order chi connectivity index (χ0) is 21.5. The molecule has 4 saturated heterocycles. The van der Waals surface area contributed by atoms with Gasteiger partial charge in [-0.2, -0.15) is 0 Å². The van der Waals surface area contributed by atoms with E-state index < -0.39 is 0 Å². The number of nitrogens with one attached hydrogen (secondary N) is 1. The van der Waals surface area contributed by atoms with Crippen molar-refractivity contribution in [2.24, 2.45) is 5.92 Å². The summed E-state index contributed by atoms with van der Waals surface area (Å²) in [6.07, 6.45) is 5.41. The minimum atomic E-state index is 0.368. The predicted molar refractivity (Wildman–Crippen MR) is 132 cm³/mol. The predicted octanol–water partition coefficient (Wildman–Crippen LogP) is 6.26. The standard InChI is InChI=1S/C29H31ClN2/c30-26-14-8-7-13-22(26)19-31-28-23-17-24-15-16-25(18-23)32(24)29(28)27(20-9-3-1-4-10-20)21-11-5-2-6-12-21/h1-14,23-25,27-29,31H,15-19H2/t23?,24-,25+,28-,29-/m0/s1. The van der Waals surface area contributed by atoms with Crippen LogP contribution in [0.5, 0.6) is 0 Å². The lowest BCUT2D eigenvalue weighted by Gasteiger charge is -2.58. The van der Waals surface area contributed by atoms with Crippen LogP contribution < -0.4 is 5.32 Å². The molecule has 0 aromatic heterocycles. The number of piperidine rings is 3. The number of hydrogen-bond acceptors (Lipinski definition) is 2. The molecule has 0 saturated carbocycles. The van der Waals surface area contributed by atoms with Crippen LogP contribution in [0.25, 0.3) is 0 Å². The van der Waals surface area contributed by atoms with Crippen molar-refractivity contribution in [3.05, 3.63) is 107 Å². The second kappa shape index (κ2) is 8.67. The minimum absolute atomic E-state index is 0.368. The fourth-order valence-corrected chi connectivity index (χ4v) is 7.15. The van der Waals surface area contributed by atoms with E-state index in [4.69, 9.17) is 11.6 Å². The average Bonchev–Trinajstić information content (AvgIpc) is 3.13. The number of hydrogen-bond donors (Lipinski definition) is 1. The maximum atomic E-state index is 6.52. The van der Waals surface area contributed by atoms with E-state index in [0.29, 0.717) is 18.0 Å². The van der Waals surface area contributed by atoms with Crippen LogP contribution in [0.2, 0.25) is 5.02 Å². The molecule has 3 heteroatoms. The highest BCUT2D eigenvalue weighted by Gasteiger charge is 2.56. The summed E-state index contributed by atoms with van der Waals surface area (Å²) in [6, 6.07) is 33.1. The molecule has 164 valence electrons. The number of halogens is 1. The summed E-state index contributed by atoms with van der Waals surface area (Å²) in [5, 5.41) is 4.88. The average molecular weight is 443 g/mol. The summed E-state index contributed by atoms with van der Waals surface area (Å²) in [6.45, 7) is 0.830. The molecule has 3 aromatic rings. The van der Waals surface area contributed by atoms with Gasteiger partial charge in [0.15, 0.2) is 0 Å². The topological polar surface area (TPSA) is 15.3 Å². The molecular formula is C29H31ClN2. The number of nitrogens with zero attached hydrogens (tertiary/aromatic N) is 1. The Hall–Kier alpha value is -2.13. The van der Waals surface area contributed by atoms with Crippen LogP contribution in [-0.2, 0) is 6.54 Å². The molecule has 32 heavy (non-hydrogen) atoms. The van der Waals surface area contributed by atoms with Crippen LogP contribution in [0.1, 0.15) is 48.3 Å². The normalized spacial score (nSPS) is 30.7. The summed E-state index contributed by atoms with van der Waals surface area (Å²) in [5.74, 6) is 1.10. The molecule has 0 amide bonds. The van der Waals surface area contributed by atoms with E-state index in [2.05, 4.69) is 83.0 Å². The molecule has 6 atom stereocenters. The smallest absolute Gasteiger partial charge is 0.0450 e. The first-order chi connectivity index (χ1) is 15.8. The Morgan fingerprint density at radius 2 is 1.34 bits per heavy atom. The summed E-state index contributed by atoms with van der Waals surface area (Å²) in [4.78, 5) is 2.93. The zero-order valence-corrected chi connectivity index (χ0v) is 19.2. The van der Waals surface area contributed by atoms with Gasteiger partial charge in [0.05, 0.1) is 0 Å². The Labute approximate surface area is 196 Å². The van der Waals surface area contributed by atoms with Gasteiger partial charge in [-0.3, -0.25) is 4.90 Å². The molecule has 0 spiro atoms. The highest BCUT2D eigenvalue weighted by Crippen LogP contribution is 2.52. The monoisotopic (exact) mass is 442 g/mol. The van der Waals surface area contributed by atoms with Crippen molar-refractivity contribution in [3.63, 3.8) is 0 Å². The largest absolute Gasteiger partial charge is 0.308 e. The third-order valence-electron chi connectivity index (χ3n) is 8.19. The minimum Gasteiger partial charge on any atom is -0.308 e. The summed E-state index contributed by atoms with van der Waals surface area (Å²) < 4.78 is 0. The van der Waals surface area contributed by atoms with Crippen LogP contribution in [-0.4, -0.2) is 29.1 Å². The maximum absolute atomic E-state index is 6.52. The molecule has 4 aliphatic rings. The van der Waals surface area contributed by atoms with Crippen LogP contribution in [0.4, 0.5) is 0 Å². The molecule has 4 bridgehead atoms. The van der Waals surface area contributed by atoms with E-state index >= 15 is 0 Å². The Kier molecular flexibility index (Phi) is 5.54. The van der Waals surface area contributed by atoms with Crippen LogP contribution >= 0.6 is 11.6 Å². The van der Waals surface area contributed by atoms with Crippen LogP contribution in [0, 0.1) is 5.92 Å². The van der Waals surface area contributed by atoms with Gasteiger partial charge in [0.2, 0.25) is 0 Å². The van der Waals surface area contributed by atoms with Gasteiger partial charge in [-0.15, -0.1) is 0 Å². The third kappa shape index (κ3) is 3.59. The molecule has 4 heterocycles. The number of benzene rings is 3. The molecule has 2 unspecified atom stereocenters. The molecule has 7 rings (SSSR count). The highest BCUT2D eigenvalue weighted by molar-refractivity contribution is 6.31. The quantitative estimate of drug-likeness (QED) is 0.485. The van der Waals surface area contributed by atoms with Crippen molar-refractivity contribution in [1.82, 2.24) is 10.2 Å². The Balaban J connectivity index is 1.40. The van der Waals surface area contributed by atoms with Gasteiger partial charge < -0.3 is 5.32 Å². The molecule has 3 aromatic carbocycles. The van der Waals surface area contributed by atoms with Crippen LogP contribution in [0.15, 0.2) is 84.9 Å². The van der Waals surface area contributed by atoms with E-state index in [1.165, 1.54) is 42.4 Å². The third-order valence-corrected chi connectivity index (χ3v) is 8.56. The molecule has 0 aliphatic carbocycles. The van der Waals surface area contributed by atoms with Crippen molar-refractivity contribution < 1.29 is 0 Å². The number of fused-ring (bicyclic) bond motifs is 1. The van der Waals surface area contributed by atoms with Crippen LogP contribution in [0.3, 0.4) is 0 Å². The van der Waals surface area contributed by atoms with Gasteiger partial charge >= 0.3 is 0 Å². The summed E-state index contributed by atoms with van der Waals surface area (Å²) >= 11 is 6.52. The van der Waals surface area contributed by atoms with Crippen molar-refractivity contribution in [3.8, 4) is 0 Å². The van der Waals surface area contributed by atoms with Gasteiger partial charge in [-0.05, 0) is 54.4 Å². The first kappa shape index (κ1) is 20.5. The Morgan fingerprint density at radius 1 is 0.781 bits per heavy atom. The molecular weight excluding hydrogens is 412 g/mol. The lowest BCUT2D eigenvalue weighted by atomic mass is 9.68. The first-order valence-corrected chi connectivity index (χ1v) is 12.5. The Bertz CT molecular complexity index is 1000. The van der Waals surface area contributed by atoms with Crippen molar-refractivity contribution in [1.29, 1.82) is 0 Å². The second-order valence-electron chi connectivity index (χ2n) is 9.85. The summed E-state index contributed by atoms with van der Waals surface area (Å²) in [7, 11) is 0.